The number of benzene rings is 2. The maximum atomic E-state index is 11.9. The van der Waals surface area contributed by atoms with Crippen molar-refractivity contribution >= 4 is 50.7 Å². The molecule has 0 saturated carbocycles. The maximum Gasteiger partial charge on any atom is 0.255 e. The zero-order valence-corrected chi connectivity index (χ0v) is 12.2. The molecular formula is C13H8BrCl2NO. The summed E-state index contributed by atoms with van der Waals surface area (Å²) in [5, 5.41) is 3.81. The first kappa shape index (κ1) is 13.4. The molecule has 0 unspecified atom stereocenters. The maximum absolute atomic E-state index is 11.9. The predicted octanol–water partition coefficient (Wildman–Crippen LogP) is 5.01. The topological polar surface area (TPSA) is 29.1 Å². The molecule has 0 radical (unpaired) electrons. The van der Waals surface area contributed by atoms with Crippen molar-refractivity contribution in [1.29, 1.82) is 0 Å². The van der Waals surface area contributed by atoms with Crippen LogP contribution in [0.3, 0.4) is 0 Å². The third-order valence-electron chi connectivity index (χ3n) is 2.29. The summed E-state index contributed by atoms with van der Waals surface area (Å²) in [4.78, 5) is 11.9. The summed E-state index contributed by atoms with van der Waals surface area (Å²) in [6.45, 7) is 0. The second-order valence-corrected chi connectivity index (χ2v) is 5.34. The van der Waals surface area contributed by atoms with Crippen molar-refractivity contribution in [2.24, 2.45) is 0 Å². The fraction of sp³-hybridized carbons (Fsp3) is 0. The third-order valence-corrected chi connectivity index (χ3v) is 3.34. The van der Waals surface area contributed by atoms with Gasteiger partial charge in [0.15, 0.2) is 0 Å². The third kappa shape index (κ3) is 3.25. The number of halogens is 3. The van der Waals surface area contributed by atoms with Crippen LogP contribution in [0, 0.1) is 0 Å². The van der Waals surface area contributed by atoms with Crippen LogP contribution < -0.4 is 5.32 Å². The van der Waals surface area contributed by atoms with Crippen molar-refractivity contribution in [1.82, 2.24) is 0 Å². The van der Waals surface area contributed by atoms with Gasteiger partial charge in [0.05, 0.1) is 10.7 Å². The van der Waals surface area contributed by atoms with Crippen LogP contribution in [0.4, 0.5) is 5.69 Å². The molecular weight excluding hydrogens is 337 g/mol. The van der Waals surface area contributed by atoms with Crippen molar-refractivity contribution in [3.8, 4) is 0 Å². The fourth-order valence-corrected chi connectivity index (χ4v) is 2.23. The first-order chi connectivity index (χ1) is 8.56. The lowest BCUT2D eigenvalue weighted by molar-refractivity contribution is 0.102. The predicted molar refractivity (Wildman–Crippen MR) is 78.6 cm³/mol. The first-order valence-corrected chi connectivity index (χ1v) is 6.63. The zero-order chi connectivity index (χ0) is 13.1. The average molecular weight is 345 g/mol. The van der Waals surface area contributed by atoms with Crippen LogP contribution in [-0.2, 0) is 0 Å². The Morgan fingerprint density at radius 2 is 1.72 bits per heavy atom. The van der Waals surface area contributed by atoms with Gasteiger partial charge in [-0.05, 0) is 42.5 Å². The van der Waals surface area contributed by atoms with Crippen LogP contribution in [0.5, 0.6) is 0 Å². The van der Waals surface area contributed by atoms with Gasteiger partial charge in [0.2, 0.25) is 0 Å². The highest BCUT2D eigenvalue weighted by molar-refractivity contribution is 9.10. The number of hydrogen-bond acceptors (Lipinski definition) is 1. The number of amides is 1. The van der Waals surface area contributed by atoms with E-state index >= 15 is 0 Å². The Kier molecular flexibility index (Phi) is 4.27. The molecule has 0 heterocycles. The first-order valence-electron chi connectivity index (χ1n) is 5.08. The second kappa shape index (κ2) is 5.74. The molecule has 2 nitrogen and oxygen atoms in total. The van der Waals surface area contributed by atoms with Crippen LogP contribution >= 0.6 is 39.1 Å². The molecule has 0 atom stereocenters. The lowest BCUT2D eigenvalue weighted by atomic mass is 10.2. The Bertz CT molecular complexity index is 584. The van der Waals surface area contributed by atoms with E-state index < -0.39 is 0 Å². The van der Waals surface area contributed by atoms with Gasteiger partial charge >= 0.3 is 0 Å². The monoisotopic (exact) mass is 343 g/mol. The second-order valence-electron chi connectivity index (χ2n) is 3.59. The van der Waals surface area contributed by atoms with Gasteiger partial charge in [-0.3, -0.25) is 4.79 Å². The molecule has 0 spiro atoms. The SMILES string of the molecule is O=C(Nc1ccc(Br)cc1Cl)c1ccc(Cl)cc1. The van der Waals surface area contributed by atoms with E-state index in [-0.39, 0.29) is 5.91 Å². The Morgan fingerprint density at radius 1 is 1.06 bits per heavy atom. The fourth-order valence-electron chi connectivity index (χ4n) is 1.39. The molecule has 0 fully saturated rings. The Balaban J connectivity index is 2.18. The minimum absolute atomic E-state index is 0.226. The van der Waals surface area contributed by atoms with E-state index in [0.29, 0.717) is 21.3 Å². The number of carbonyl (C=O) groups is 1. The van der Waals surface area contributed by atoms with Gasteiger partial charge in [0, 0.05) is 15.1 Å². The lowest BCUT2D eigenvalue weighted by Gasteiger charge is -2.07. The minimum atomic E-state index is -0.226. The summed E-state index contributed by atoms with van der Waals surface area (Å²) in [6, 6.07) is 11.9. The van der Waals surface area contributed by atoms with Crippen LogP contribution in [0.15, 0.2) is 46.9 Å². The van der Waals surface area contributed by atoms with Gasteiger partial charge < -0.3 is 5.32 Å². The Morgan fingerprint density at radius 3 is 2.33 bits per heavy atom. The van der Waals surface area contributed by atoms with E-state index in [0.717, 1.165) is 4.47 Å². The molecule has 0 aliphatic rings. The molecule has 92 valence electrons. The van der Waals surface area contributed by atoms with Crippen molar-refractivity contribution in [3.05, 3.63) is 62.5 Å². The van der Waals surface area contributed by atoms with Crippen LogP contribution in [0.1, 0.15) is 10.4 Å². The summed E-state index contributed by atoms with van der Waals surface area (Å²) in [7, 11) is 0. The molecule has 1 N–H and O–H groups in total. The number of nitrogens with one attached hydrogen (secondary N) is 1. The molecule has 0 aliphatic heterocycles. The number of anilines is 1. The highest BCUT2D eigenvalue weighted by atomic mass is 79.9. The number of rotatable bonds is 2. The van der Waals surface area contributed by atoms with E-state index in [1.807, 2.05) is 6.07 Å². The zero-order valence-electron chi connectivity index (χ0n) is 9.08. The quantitative estimate of drug-likeness (QED) is 0.815. The van der Waals surface area contributed by atoms with Crippen molar-refractivity contribution in [2.45, 2.75) is 0 Å². The summed E-state index contributed by atoms with van der Waals surface area (Å²) >= 11 is 15.1. The molecule has 0 aromatic heterocycles. The van der Waals surface area contributed by atoms with Gasteiger partial charge in [0.1, 0.15) is 0 Å². The molecule has 0 bridgehead atoms. The van der Waals surface area contributed by atoms with Crippen molar-refractivity contribution < 1.29 is 4.79 Å². The van der Waals surface area contributed by atoms with Crippen molar-refractivity contribution in [3.63, 3.8) is 0 Å². The molecule has 2 aromatic carbocycles. The molecule has 0 saturated heterocycles. The van der Waals surface area contributed by atoms with Crippen LogP contribution in [-0.4, -0.2) is 5.91 Å². The van der Waals surface area contributed by atoms with Crippen LogP contribution in [0.2, 0.25) is 10.0 Å². The van der Waals surface area contributed by atoms with E-state index in [1.54, 1.807) is 36.4 Å². The van der Waals surface area contributed by atoms with E-state index in [1.165, 1.54) is 0 Å². The highest BCUT2D eigenvalue weighted by Gasteiger charge is 2.08. The number of hydrogen-bond donors (Lipinski definition) is 1. The minimum Gasteiger partial charge on any atom is -0.321 e. The molecule has 5 heteroatoms. The summed E-state index contributed by atoms with van der Waals surface area (Å²) in [6.07, 6.45) is 0. The highest BCUT2D eigenvalue weighted by Crippen LogP contribution is 2.26. The number of carbonyl (C=O) groups excluding carboxylic acids is 1. The summed E-state index contributed by atoms with van der Waals surface area (Å²) < 4.78 is 0.858. The Hall–Kier alpha value is -1.03. The molecule has 18 heavy (non-hydrogen) atoms. The molecule has 1 amide bonds. The van der Waals surface area contributed by atoms with Gasteiger partial charge in [-0.25, -0.2) is 0 Å². The molecule has 2 rings (SSSR count). The largest absolute Gasteiger partial charge is 0.321 e. The van der Waals surface area contributed by atoms with Gasteiger partial charge in [-0.15, -0.1) is 0 Å². The van der Waals surface area contributed by atoms with E-state index in [4.69, 9.17) is 23.2 Å². The molecule has 0 aliphatic carbocycles. The van der Waals surface area contributed by atoms with E-state index in [9.17, 15) is 4.79 Å². The average Bonchev–Trinajstić information content (AvgIpc) is 2.33. The Labute approximate surface area is 123 Å². The normalized spacial score (nSPS) is 10.2. The smallest absolute Gasteiger partial charge is 0.255 e. The van der Waals surface area contributed by atoms with E-state index in [2.05, 4.69) is 21.2 Å². The summed E-state index contributed by atoms with van der Waals surface area (Å²) in [5.41, 5.74) is 1.10. The van der Waals surface area contributed by atoms with Crippen molar-refractivity contribution in [2.75, 3.05) is 5.32 Å². The lowest BCUT2D eigenvalue weighted by Crippen LogP contribution is -2.11. The van der Waals surface area contributed by atoms with Gasteiger partial charge in [-0.2, -0.15) is 0 Å². The summed E-state index contributed by atoms with van der Waals surface area (Å²) in [5.74, 6) is -0.226. The standard InChI is InChI=1S/C13H8BrCl2NO/c14-9-3-6-12(11(16)7-9)17-13(18)8-1-4-10(15)5-2-8/h1-7H,(H,17,18). The van der Waals surface area contributed by atoms with Gasteiger partial charge in [-0.1, -0.05) is 39.1 Å². The van der Waals surface area contributed by atoms with Crippen LogP contribution in [0.25, 0.3) is 0 Å². The van der Waals surface area contributed by atoms with Gasteiger partial charge in [0.25, 0.3) is 5.91 Å². The molecule has 2 aromatic rings.